The second-order valence-corrected chi connectivity index (χ2v) is 5.45. The van der Waals surface area contributed by atoms with Crippen LogP contribution in [-0.2, 0) is 4.74 Å². The number of ether oxygens (including phenoxy) is 1. The lowest BCUT2D eigenvalue weighted by Gasteiger charge is -2.29. The summed E-state index contributed by atoms with van der Waals surface area (Å²) in [6.45, 7) is 4.89. The topological polar surface area (TPSA) is 38.5 Å². The number of likely N-dealkylation sites (N-methyl/N-ethyl adjacent to an activating group) is 1. The van der Waals surface area contributed by atoms with E-state index in [1.807, 2.05) is 25.1 Å². The minimum atomic E-state index is 0.00981. The Labute approximate surface area is 114 Å². The zero-order chi connectivity index (χ0) is 13.3. The molecule has 0 aromatic heterocycles. The summed E-state index contributed by atoms with van der Waals surface area (Å²) in [6.07, 6.45) is 1.29. The summed E-state index contributed by atoms with van der Waals surface area (Å²) < 4.78 is 5.61. The Hall–Kier alpha value is -0.770. The number of hydrogen-bond donors (Lipinski definition) is 1. The van der Waals surface area contributed by atoms with Crippen LogP contribution in [0.25, 0.3) is 0 Å². The van der Waals surface area contributed by atoms with E-state index in [0.29, 0.717) is 6.04 Å². The van der Waals surface area contributed by atoms with Crippen LogP contribution < -0.4 is 10.6 Å². The molecule has 1 saturated heterocycles. The quantitative estimate of drug-likeness (QED) is 0.916. The summed E-state index contributed by atoms with van der Waals surface area (Å²) in [5, 5.41) is 0.756. The summed E-state index contributed by atoms with van der Waals surface area (Å²) >= 11 is 6.36. The molecule has 3 atom stereocenters. The van der Waals surface area contributed by atoms with Crippen LogP contribution in [0.5, 0.6) is 0 Å². The van der Waals surface area contributed by atoms with Crippen LogP contribution in [0.4, 0.5) is 5.69 Å². The maximum absolute atomic E-state index is 6.36. The molecule has 1 heterocycles. The lowest BCUT2D eigenvalue weighted by Crippen LogP contribution is -2.36. The Bertz CT molecular complexity index is 422. The van der Waals surface area contributed by atoms with Gasteiger partial charge in [0.15, 0.2) is 0 Å². The molecule has 0 bridgehead atoms. The van der Waals surface area contributed by atoms with E-state index >= 15 is 0 Å². The maximum Gasteiger partial charge on any atom is 0.0750 e. The highest BCUT2D eigenvalue weighted by atomic mass is 35.5. The van der Waals surface area contributed by atoms with E-state index in [-0.39, 0.29) is 12.1 Å². The summed E-state index contributed by atoms with van der Waals surface area (Å²) in [5.74, 6) is 0. The monoisotopic (exact) mass is 268 g/mol. The molecule has 2 unspecified atom stereocenters. The van der Waals surface area contributed by atoms with Crippen LogP contribution in [-0.4, -0.2) is 25.8 Å². The fraction of sp³-hybridized carbons (Fsp3) is 0.571. The Balaban J connectivity index is 2.22. The first-order chi connectivity index (χ1) is 8.50. The minimum absolute atomic E-state index is 0.00981. The van der Waals surface area contributed by atoms with Gasteiger partial charge in [0.1, 0.15) is 0 Å². The summed E-state index contributed by atoms with van der Waals surface area (Å²) in [6, 6.07) is 6.45. The normalized spacial score (nSPS) is 25.2. The fourth-order valence-electron chi connectivity index (χ4n) is 2.50. The molecule has 1 aromatic rings. The maximum atomic E-state index is 6.36. The van der Waals surface area contributed by atoms with Crippen molar-refractivity contribution < 1.29 is 4.74 Å². The molecule has 0 amide bonds. The summed E-state index contributed by atoms with van der Waals surface area (Å²) in [5.41, 5.74) is 7.97. The van der Waals surface area contributed by atoms with Gasteiger partial charge in [0.2, 0.25) is 0 Å². The average Bonchev–Trinajstić information content (AvgIpc) is 2.74. The van der Waals surface area contributed by atoms with Gasteiger partial charge in [-0.1, -0.05) is 17.7 Å². The molecule has 3 nitrogen and oxygen atoms in total. The Morgan fingerprint density at radius 2 is 2.22 bits per heavy atom. The van der Waals surface area contributed by atoms with Crippen molar-refractivity contribution in [3.05, 3.63) is 28.8 Å². The second kappa shape index (κ2) is 5.47. The van der Waals surface area contributed by atoms with Crippen molar-refractivity contribution in [2.24, 2.45) is 5.73 Å². The van der Waals surface area contributed by atoms with Crippen LogP contribution in [0.15, 0.2) is 18.2 Å². The molecule has 1 aliphatic rings. The van der Waals surface area contributed by atoms with Gasteiger partial charge in [0.05, 0.1) is 22.9 Å². The van der Waals surface area contributed by atoms with Crippen molar-refractivity contribution in [1.29, 1.82) is 0 Å². The molecule has 18 heavy (non-hydrogen) atoms. The molecule has 2 rings (SSSR count). The van der Waals surface area contributed by atoms with Gasteiger partial charge < -0.3 is 15.4 Å². The highest BCUT2D eigenvalue weighted by Gasteiger charge is 2.28. The molecule has 0 aliphatic carbocycles. The second-order valence-electron chi connectivity index (χ2n) is 5.04. The summed E-state index contributed by atoms with van der Waals surface area (Å²) in [7, 11) is 2.07. The van der Waals surface area contributed by atoms with Crippen LogP contribution >= 0.6 is 11.6 Å². The number of nitrogens with two attached hydrogens (primary N) is 1. The third-order valence-electron chi connectivity index (χ3n) is 3.71. The lowest BCUT2D eigenvalue weighted by molar-refractivity contribution is 0.118. The number of anilines is 1. The molecule has 1 aromatic carbocycles. The van der Waals surface area contributed by atoms with E-state index in [9.17, 15) is 0 Å². The van der Waals surface area contributed by atoms with E-state index in [1.165, 1.54) is 0 Å². The average molecular weight is 269 g/mol. The third-order valence-corrected chi connectivity index (χ3v) is 4.01. The van der Waals surface area contributed by atoms with Crippen molar-refractivity contribution in [2.45, 2.75) is 38.5 Å². The van der Waals surface area contributed by atoms with Gasteiger partial charge >= 0.3 is 0 Å². The number of halogens is 1. The standard InChI is InChI=1S/C14H21ClN2O/c1-9(16)11-4-5-14(12(15)8-11)17(3)13-6-7-18-10(13)2/h4-5,8-10,13H,6-7,16H2,1-3H3/t9-,10?,13?/m0/s1. The van der Waals surface area contributed by atoms with Crippen molar-refractivity contribution >= 4 is 17.3 Å². The molecule has 1 aliphatic heterocycles. The molecule has 100 valence electrons. The predicted molar refractivity (Wildman–Crippen MR) is 76.3 cm³/mol. The lowest BCUT2D eigenvalue weighted by atomic mass is 10.1. The SMILES string of the molecule is CC1OCCC1N(C)c1ccc([C@H](C)N)cc1Cl. The van der Waals surface area contributed by atoms with E-state index in [2.05, 4.69) is 18.9 Å². The fourth-order valence-corrected chi connectivity index (χ4v) is 2.82. The number of rotatable bonds is 3. The Morgan fingerprint density at radius 3 is 2.72 bits per heavy atom. The van der Waals surface area contributed by atoms with Gasteiger partial charge in [0, 0.05) is 19.7 Å². The van der Waals surface area contributed by atoms with Gasteiger partial charge in [-0.25, -0.2) is 0 Å². The number of benzene rings is 1. The zero-order valence-corrected chi connectivity index (χ0v) is 11.9. The zero-order valence-electron chi connectivity index (χ0n) is 11.2. The van der Waals surface area contributed by atoms with Gasteiger partial charge in [-0.2, -0.15) is 0 Å². The van der Waals surface area contributed by atoms with Crippen molar-refractivity contribution in [3.8, 4) is 0 Å². The molecule has 1 fully saturated rings. The van der Waals surface area contributed by atoms with Crippen LogP contribution in [0.3, 0.4) is 0 Å². The predicted octanol–water partition coefficient (Wildman–Crippen LogP) is 2.97. The molecular weight excluding hydrogens is 248 g/mol. The smallest absolute Gasteiger partial charge is 0.0750 e. The van der Waals surface area contributed by atoms with Crippen molar-refractivity contribution in [2.75, 3.05) is 18.6 Å². The molecule has 2 N–H and O–H groups in total. The first kappa shape index (κ1) is 13.7. The van der Waals surface area contributed by atoms with Crippen molar-refractivity contribution in [1.82, 2.24) is 0 Å². The minimum Gasteiger partial charge on any atom is -0.376 e. The molecule has 0 spiro atoms. The molecular formula is C14H21ClN2O. The Kier molecular flexibility index (Phi) is 4.15. The summed E-state index contributed by atoms with van der Waals surface area (Å²) in [4.78, 5) is 2.21. The van der Waals surface area contributed by atoms with Crippen LogP contribution in [0, 0.1) is 0 Å². The molecule has 4 heteroatoms. The van der Waals surface area contributed by atoms with Crippen molar-refractivity contribution in [3.63, 3.8) is 0 Å². The highest BCUT2D eigenvalue weighted by molar-refractivity contribution is 6.33. The van der Waals surface area contributed by atoms with Gasteiger partial charge in [-0.15, -0.1) is 0 Å². The van der Waals surface area contributed by atoms with Gasteiger partial charge in [-0.3, -0.25) is 0 Å². The first-order valence-corrected chi connectivity index (χ1v) is 6.78. The highest BCUT2D eigenvalue weighted by Crippen LogP contribution is 2.31. The van der Waals surface area contributed by atoms with Gasteiger partial charge in [0.25, 0.3) is 0 Å². The first-order valence-electron chi connectivity index (χ1n) is 6.40. The largest absolute Gasteiger partial charge is 0.376 e. The Morgan fingerprint density at radius 1 is 1.50 bits per heavy atom. The number of hydrogen-bond acceptors (Lipinski definition) is 3. The molecule has 0 saturated carbocycles. The number of nitrogens with zero attached hydrogens (tertiary/aromatic N) is 1. The van der Waals surface area contributed by atoms with E-state index in [0.717, 1.165) is 29.3 Å². The van der Waals surface area contributed by atoms with Gasteiger partial charge in [-0.05, 0) is 38.0 Å². The van der Waals surface area contributed by atoms with E-state index < -0.39 is 0 Å². The molecule has 0 radical (unpaired) electrons. The van der Waals surface area contributed by atoms with E-state index in [4.69, 9.17) is 22.1 Å². The van der Waals surface area contributed by atoms with E-state index in [1.54, 1.807) is 0 Å². The third kappa shape index (κ3) is 2.63. The van der Waals surface area contributed by atoms with Crippen LogP contribution in [0.1, 0.15) is 31.9 Å². The van der Waals surface area contributed by atoms with Crippen LogP contribution in [0.2, 0.25) is 5.02 Å².